The predicted octanol–water partition coefficient (Wildman–Crippen LogP) is 4.78. The van der Waals surface area contributed by atoms with Crippen molar-refractivity contribution in [2.45, 2.75) is 27.2 Å². The van der Waals surface area contributed by atoms with Crippen LogP contribution in [0, 0.1) is 12.8 Å². The molecule has 140 valence electrons. The second kappa shape index (κ2) is 8.08. The quantitative estimate of drug-likeness (QED) is 0.683. The Labute approximate surface area is 158 Å². The molecule has 27 heavy (non-hydrogen) atoms. The van der Waals surface area contributed by atoms with Crippen LogP contribution in [-0.4, -0.2) is 12.5 Å². The molecule has 0 aliphatic carbocycles. The Balaban J connectivity index is 1.79. The Bertz CT molecular complexity index is 1020. The van der Waals surface area contributed by atoms with Gasteiger partial charge in [-0.05, 0) is 43.0 Å². The van der Waals surface area contributed by atoms with E-state index in [4.69, 9.17) is 9.15 Å². The third-order valence-electron chi connectivity index (χ3n) is 4.26. The molecular formula is C22H23NO4. The van der Waals surface area contributed by atoms with E-state index in [1.165, 1.54) is 6.07 Å². The van der Waals surface area contributed by atoms with Gasteiger partial charge in [0.25, 0.3) is 5.91 Å². The van der Waals surface area contributed by atoms with Gasteiger partial charge < -0.3 is 14.5 Å². The van der Waals surface area contributed by atoms with E-state index in [0.717, 1.165) is 17.7 Å². The molecule has 0 unspecified atom stereocenters. The maximum absolute atomic E-state index is 12.5. The highest BCUT2D eigenvalue weighted by atomic mass is 16.5. The highest BCUT2D eigenvalue weighted by Crippen LogP contribution is 2.24. The summed E-state index contributed by atoms with van der Waals surface area (Å²) < 4.78 is 11.4. The molecule has 0 spiro atoms. The zero-order valence-electron chi connectivity index (χ0n) is 15.7. The van der Waals surface area contributed by atoms with Crippen molar-refractivity contribution in [3.63, 3.8) is 0 Å². The minimum atomic E-state index is -0.477. The Morgan fingerprint density at radius 1 is 1.15 bits per heavy atom. The monoisotopic (exact) mass is 365 g/mol. The van der Waals surface area contributed by atoms with E-state index in [9.17, 15) is 9.59 Å². The topological polar surface area (TPSA) is 68.5 Å². The highest BCUT2D eigenvalue weighted by Gasteiger charge is 2.13. The van der Waals surface area contributed by atoms with Crippen LogP contribution in [0.25, 0.3) is 11.0 Å². The van der Waals surface area contributed by atoms with Crippen molar-refractivity contribution in [3.05, 3.63) is 70.1 Å². The maximum Gasteiger partial charge on any atom is 0.291 e. The third kappa shape index (κ3) is 4.56. The first-order valence-corrected chi connectivity index (χ1v) is 9.01. The number of aryl methyl sites for hydroxylation is 1. The number of carbonyl (C=O) groups is 1. The largest absolute Gasteiger partial charge is 0.493 e. The number of para-hydroxylation sites is 1. The molecule has 1 heterocycles. The lowest BCUT2D eigenvalue weighted by Crippen LogP contribution is -2.15. The van der Waals surface area contributed by atoms with Crippen molar-refractivity contribution >= 4 is 22.6 Å². The third-order valence-corrected chi connectivity index (χ3v) is 4.26. The van der Waals surface area contributed by atoms with Crippen molar-refractivity contribution in [1.29, 1.82) is 0 Å². The molecule has 1 N–H and O–H groups in total. The van der Waals surface area contributed by atoms with Crippen LogP contribution in [-0.2, 0) is 0 Å². The zero-order chi connectivity index (χ0) is 19.4. The van der Waals surface area contributed by atoms with E-state index >= 15 is 0 Å². The van der Waals surface area contributed by atoms with E-state index in [-0.39, 0.29) is 11.2 Å². The van der Waals surface area contributed by atoms with E-state index in [1.54, 1.807) is 36.4 Å². The second-order valence-electron chi connectivity index (χ2n) is 6.94. The lowest BCUT2D eigenvalue weighted by molar-refractivity contribution is 0.0997. The summed E-state index contributed by atoms with van der Waals surface area (Å²) in [7, 11) is 0. The smallest absolute Gasteiger partial charge is 0.291 e. The fourth-order valence-corrected chi connectivity index (χ4v) is 2.65. The number of benzene rings is 2. The Morgan fingerprint density at radius 2 is 1.93 bits per heavy atom. The maximum atomic E-state index is 12.5. The number of rotatable bonds is 6. The van der Waals surface area contributed by atoms with Crippen molar-refractivity contribution in [3.8, 4) is 5.75 Å². The van der Waals surface area contributed by atoms with E-state index in [2.05, 4.69) is 19.2 Å². The van der Waals surface area contributed by atoms with Crippen molar-refractivity contribution < 1.29 is 13.9 Å². The number of hydrogen-bond donors (Lipinski definition) is 1. The normalized spacial score (nSPS) is 11.0. The first-order chi connectivity index (χ1) is 12.9. The fraction of sp³-hybridized carbons (Fsp3) is 0.273. The van der Waals surface area contributed by atoms with Crippen molar-refractivity contribution in [1.82, 2.24) is 0 Å². The van der Waals surface area contributed by atoms with E-state index in [1.807, 2.05) is 13.0 Å². The van der Waals surface area contributed by atoms with Gasteiger partial charge in [-0.15, -0.1) is 0 Å². The van der Waals surface area contributed by atoms with Gasteiger partial charge in [0.05, 0.1) is 12.0 Å². The van der Waals surface area contributed by atoms with Crippen LogP contribution in [0.3, 0.4) is 0 Å². The van der Waals surface area contributed by atoms with Crippen molar-refractivity contribution in [2.75, 3.05) is 11.9 Å². The summed E-state index contributed by atoms with van der Waals surface area (Å²) in [5.41, 5.74) is 1.72. The zero-order valence-corrected chi connectivity index (χ0v) is 15.7. The fourth-order valence-electron chi connectivity index (χ4n) is 2.65. The molecule has 0 fully saturated rings. The summed E-state index contributed by atoms with van der Waals surface area (Å²) in [6.07, 6.45) is 0.957. The SMILES string of the molecule is Cc1ccc(NC(=O)c2cc(=O)c3ccccc3o2)cc1OCCC(C)C. The Kier molecular flexibility index (Phi) is 5.60. The lowest BCUT2D eigenvalue weighted by Gasteiger charge is -2.12. The average molecular weight is 365 g/mol. The van der Waals surface area contributed by atoms with Crippen LogP contribution in [0.4, 0.5) is 5.69 Å². The number of amides is 1. The first-order valence-electron chi connectivity index (χ1n) is 9.01. The highest BCUT2D eigenvalue weighted by molar-refractivity contribution is 6.03. The van der Waals surface area contributed by atoms with Gasteiger partial charge in [-0.1, -0.05) is 32.0 Å². The number of ether oxygens (including phenoxy) is 1. The predicted molar refractivity (Wildman–Crippen MR) is 107 cm³/mol. The number of hydrogen-bond acceptors (Lipinski definition) is 4. The van der Waals surface area contributed by atoms with Gasteiger partial charge in [-0.2, -0.15) is 0 Å². The molecule has 0 aliphatic rings. The lowest BCUT2D eigenvalue weighted by atomic mass is 10.1. The molecule has 1 aromatic heterocycles. The van der Waals surface area contributed by atoms with Gasteiger partial charge >= 0.3 is 0 Å². The summed E-state index contributed by atoms with van der Waals surface area (Å²) in [6, 6.07) is 13.5. The summed E-state index contributed by atoms with van der Waals surface area (Å²) in [5.74, 6) is 0.786. The van der Waals surface area contributed by atoms with Gasteiger partial charge in [0.1, 0.15) is 11.3 Å². The molecule has 3 rings (SSSR count). The molecule has 3 aromatic rings. The number of anilines is 1. The summed E-state index contributed by atoms with van der Waals surface area (Å²) in [4.78, 5) is 24.7. The van der Waals surface area contributed by atoms with Crippen LogP contribution >= 0.6 is 0 Å². The Hall–Kier alpha value is -3.08. The van der Waals surface area contributed by atoms with Crippen LogP contribution < -0.4 is 15.5 Å². The summed E-state index contributed by atoms with van der Waals surface area (Å²) in [5, 5.41) is 3.21. The summed E-state index contributed by atoms with van der Waals surface area (Å²) >= 11 is 0. The summed E-state index contributed by atoms with van der Waals surface area (Å²) in [6.45, 7) is 6.86. The molecule has 0 saturated heterocycles. The second-order valence-corrected chi connectivity index (χ2v) is 6.94. The molecule has 0 saturated carbocycles. The van der Waals surface area contributed by atoms with Crippen LogP contribution in [0.2, 0.25) is 0 Å². The van der Waals surface area contributed by atoms with Gasteiger partial charge in [-0.3, -0.25) is 9.59 Å². The molecule has 2 aromatic carbocycles. The van der Waals surface area contributed by atoms with Crippen LogP contribution in [0.5, 0.6) is 5.75 Å². The molecule has 0 aliphatic heterocycles. The number of nitrogens with one attached hydrogen (secondary N) is 1. The van der Waals surface area contributed by atoms with Crippen LogP contribution in [0.15, 0.2) is 57.7 Å². The standard InChI is InChI=1S/C22H23NO4/c1-14(2)10-11-26-20-12-16(9-8-15(20)3)23-22(25)21-13-18(24)17-6-4-5-7-19(17)27-21/h4-9,12-14H,10-11H2,1-3H3,(H,23,25). The van der Waals surface area contributed by atoms with E-state index in [0.29, 0.717) is 29.2 Å². The molecular weight excluding hydrogens is 342 g/mol. The Morgan fingerprint density at radius 3 is 2.70 bits per heavy atom. The van der Waals surface area contributed by atoms with E-state index < -0.39 is 5.91 Å². The minimum absolute atomic E-state index is 0.0263. The number of carbonyl (C=O) groups excluding carboxylic acids is 1. The molecule has 1 amide bonds. The van der Waals surface area contributed by atoms with Gasteiger partial charge in [0.15, 0.2) is 11.2 Å². The van der Waals surface area contributed by atoms with Gasteiger partial charge in [0.2, 0.25) is 0 Å². The van der Waals surface area contributed by atoms with Crippen LogP contribution in [0.1, 0.15) is 36.4 Å². The molecule has 0 bridgehead atoms. The first kappa shape index (κ1) is 18.7. The van der Waals surface area contributed by atoms with Gasteiger partial charge in [0, 0.05) is 17.8 Å². The average Bonchev–Trinajstić information content (AvgIpc) is 2.64. The molecule has 5 heteroatoms. The number of fused-ring (bicyclic) bond motifs is 1. The van der Waals surface area contributed by atoms with Gasteiger partial charge in [-0.25, -0.2) is 0 Å². The molecule has 0 atom stereocenters. The minimum Gasteiger partial charge on any atom is -0.493 e. The molecule has 0 radical (unpaired) electrons. The van der Waals surface area contributed by atoms with Crippen molar-refractivity contribution in [2.24, 2.45) is 5.92 Å². The molecule has 5 nitrogen and oxygen atoms in total.